The summed E-state index contributed by atoms with van der Waals surface area (Å²) in [5.41, 5.74) is 1.58. The fraction of sp³-hybridized carbons (Fsp3) is 0.500. The van der Waals surface area contributed by atoms with Gasteiger partial charge in [-0.3, -0.25) is 0 Å². The smallest absolute Gasteiger partial charge is 0.374 e. The predicted molar refractivity (Wildman–Crippen MR) is 43.4 cm³/mol. The van der Waals surface area contributed by atoms with Crippen molar-refractivity contribution in [2.24, 2.45) is 0 Å². The summed E-state index contributed by atoms with van der Waals surface area (Å²) in [7, 11) is 2.20. The minimum Gasteiger partial charge on any atom is -0.374 e. The standard InChI is InChI=1S/C5H12O3Si.CH3/c1-5-9(6-2,7-3)8-4;/h5H,1H2,2-4H3;1H3. The van der Waals surface area contributed by atoms with Crippen molar-refractivity contribution in [3.63, 3.8) is 0 Å². The van der Waals surface area contributed by atoms with Crippen molar-refractivity contribution in [2.45, 2.75) is 0 Å². The Kier molecular flexibility index (Phi) is 7.02. The number of rotatable bonds is 4. The lowest BCUT2D eigenvalue weighted by atomic mass is 11.3. The van der Waals surface area contributed by atoms with Crippen LogP contribution in [0.15, 0.2) is 12.3 Å². The summed E-state index contributed by atoms with van der Waals surface area (Å²) in [4.78, 5) is 0. The molecule has 0 bridgehead atoms. The van der Waals surface area contributed by atoms with Gasteiger partial charge in [0.1, 0.15) is 0 Å². The first-order chi connectivity index (χ1) is 4.24. The molecule has 3 nitrogen and oxygen atoms in total. The maximum atomic E-state index is 4.96. The van der Waals surface area contributed by atoms with Crippen molar-refractivity contribution < 1.29 is 13.3 Å². The quantitative estimate of drug-likeness (QED) is 0.580. The molecule has 0 unspecified atom stereocenters. The first kappa shape index (κ1) is 12.5. The highest BCUT2D eigenvalue weighted by atomic mass is 28.4. The molecule has 0 saturated heterocycles. The van der Waals surface area contributed by atoms with Gasteiger partial charge in [-0.2, -0.15) is 0 Å². The van der Waals surface area contributed by atoms with Crippen LogP contribution in [0.1, 0.15) is 0 Å². The molecule has 0 saturated carbocycles. The van der Waals surface area contributed by atoms with Gasteiger partial charge in [-0.15, -0.1) is 0 Å². The normalized spacial score (nSPS) is 10.3. The molecular formula is C6H15O3Si. The van der Waals surface area contributed by atoms with Crippen molar-refractivity contribution in [1.29, 1.82) is 0 Å². The van der Waals surface area contributed by atoms with E-state index >= 15 is 0 Å². The van der Waals surface area contributed by atoms with E-state index in [2.05, 4.69) is 6.58 Å². The summed E-state index contributed by atoms with van der Waals surface area (Å²) in [6, 6.07) is 0. The van der Waals surface area contributed by atoms with E-state index in [0.717, 1.165) is 0 Å². The molecule has 0 aromatic heterocycles. The van der Waals surface area contributed by atoms with Crippen LogP contribution >= 0.6 is 0 Å². The second kappa shape index (κ2) is 5.61. The Balaban J connectivity index is 0. The molecule has 10 heavy (non-hydrogen) atoms. The van der Waals surface area contributed by atoms with Crippen LogP contribution in [0.25, 0.3) is 0 Å². The van der Waals surface area contributed by atoms with Gasteiger partial charge in [0.25, 0.3) is 0 Å². The third-order valence-corrected chi connectivity index (χ3v) is 3.31. The molecule has 0 spiro atoms. The molecule has 0 fully saturated rings. The average molecular weight is 163 g/mol. The Morgan fingerprint density at radius 2 is 1.40 bits per heavy atom. The molecule has 0 N–H and O–H groups in total. The summed E-state index contributed by atoms with van der Waals surface area (Å²) in [6.45, 7) is 3.53. The van der Waals surface area contributed by atoms with Gasteiger partial charge in [0.05, 0.1) is 0 Å². The Morgan fingerprint density at radius 1 is 1.10 bits per heavy atom. The molecular weight excluding hydrogens is 148 g/mol. The molecule has 0 rings (SSSR count). The highest BCUT2D eigenvalue weighted by Gasteiger charge is 2.33. The minimum absolute atomic E-state index is 0. The van der Waals surface area contributed by atoms with Gasteiger partial charge in [0, 0.05) is 21.3 Å². The molecule has 1 radical (unpaired) electrons. The molecule has 0 aliphatic heterocycles. The Hall–Kier alpha value is -0.163. The lowest BCUT2D eigenvalue weighted by molar-refractivity contribution is 0.138. The molecule has 0 atom stereocenters. The van der Waals surface area contributed by atoms with E-state index in [0.29, 0.717) is 0 Å². The van der Waals surface area contributed by atoms with Crippen molar-refractivity contribution in [3.8, 4) is 0 Å². The summed E-state index contributed by atoms with van der Waals surface area (Å²) in [6.07, 6.45) is 0. The van der Waals surface area contributed by atoms with Gasteiger partial charge >= 0.3 is 8.80 Å². The zero-order valence-electron chi connectivity index (χ0n) is 7.01. The van der Waals surface area contributed by atoms with Gasteiger partial charge in [-0.1, -0.05) is 14.0 Å². The zero-order chi connectivity index (χ0) is 7.33. The van der Waals surface area contributed by atoms with E-state index in [1.165, 1.54) is 0 Å². The molecule has 0 aromatic carbocycles. The van der Waals surface area contributed by atoms with Crippen molar-refractivity contribution in [3.05, 3.63) is 19.7 Å². The third kappa shape index (κ3) is 2.61. The minimum atomic E-state index is -2.43. The van der Waals surface area contributed by atoms with Crippen molar-refractivity contribution in [1.82, 2.24) is 0 Å². The highest BCUT2D eigenvalue weighted by molar-refractivity contribution is 6.66. The van der Waals surface area contributed by atoms with Gasteiger partial charge in [-0.05, 0) is 5.70 Å². The van der Waals surface area contributed by atoms with Crippen LogP contribution in [-0.2, 0) is 13.3 Å². The van der Waals surface area contributed by atoms with E-state index in [1.54, 1.807) is 27.0 Å². The van der Waals surface area contributed by atoms with Crippen LogP contribution in [0.3, 0.4) is 0 Å². The van der Waals surface area contributed by atoms with E-state index in [4.69, 9.17) is 13.3 Å². The zero-order valence-corrected chi connectivity index (χ0v) is 8.01. The largest absolute Gasteiger partial charge is 0.528 e. The summed E-state index contributed by atoms with van der Waals surface area (Å²) >= 11 is 0. The predicted octanol–water partition coefficient (Wildman–Crippen LogP) is 1.04. The van der Waals surface area contributed by atoms with Crippen LogP contribution in [0, 0.1) is 7.43 Å². The summed E-state index contributed by atoms with van der Waals surface area (Å²) < 4.78 is 14.9. The van der Waals surface area contributed by atoms with Gasteiger partial charge < -0.3 is 13.3 Å². The lowest BCUT2D eigenvalue weighted by Crippen LogP contribution is -2.40. The highest BCUT2D eigenvalue weighted by Crippen LogP contribution is 2.04. The molecule has 0 aliphatic carbocycles. The SMILES string of the molecule is C=C[Si](OC)(OC)OC.[CH3]. The third-order valence-electron chi connectivity index (χ3n) is 1.10. The van der Waals surface area contributed by atoms with Crippen LogP contribution in [0.2, 0.25) is 0 Å². The molecule has 4 heteroatoms. The molecule has 0 amide bonds. The van der Waals surface area contributed by atoms with Gasteiger partial charge in [0.2, 0.25) is 0 Å². The van der Waals surface area contributed by atoms with Crippen molar-refractivity contribution in [2.75, 3.05) is 21.3 Å². The summed E-state index contributed by atoms with van der Waals surface area (Å²) in [5.74, 6) is 0. The van der Waals surface area contributed by atoms with Crippen LogP contribution in [0.4, 0.5) is 0 Å². The first-order valence-corrected chi connectivity index (χ1v) is 4.34. The maximum Gasteiger partial charge on any atom is 0.528 e. The van der Waals surface area contributed by atoms with Crippen LogP contribution in [0.5, 0.6) is 0 Å². The molecule has 0 aliphatic rings. The van der Waals surface area contributed by atoms with E-state index in [1.807, 2.05) is 0 Å². The number of hydrogen-bond acceptors (Lipinski definition) is 3. The summed E-state index contributed by atoms with van der Waals surface area (Å²) in [5, 5.41) is 0. The monoisotopic (exact) mass is 163 g/mol. The first-order valence-electron chi connectivity index (χ1n) is 2.53. The van der Waals surface area contributed by atoms with Gasteiger partial charge in [-0.25, -0.2) is 0 Å². The van der Waals surface area contributed by atoms with Gasteiger partial charge in [0.15, 0.2) is 0 Å². The average Bonchev–Trinajstić information content (AvgIpc) is 1.95. The van der Waals surface area contributed by atoms with E-state index in [9.17, 15) is 0 Å². The Morgan fingerprint density at radius 3 is 1.40 bits per heavy atom. The maximum absolute atomic E-state index is 4.96. The van der Waals surface area contributed by atoms with E-state index < -0.39 is 8.80 Å². The topological polar surface area (TPSA) is 27.7 Å². The Labute approximate surface area is 64.0 Å². The fourth-order valence-corrected chi connectivity index (χ4v) is 1.50. The Bertz CT molecular complexity index is 82.7. The molecule has 0 heterocycles. The van der Waals surface area contributed by atoms with Crippen LogP contribution in [-0.4, -0.2) is 30.1 Å². The molecule has 0 aromatic rings. The second-order valence-electron chi connectivity index (χ2n) is 1.42. The molecule has 61 valence electrons. The van der Waals surface area contributed by atoms with Crippen LogP contribution < -0.4 is 0 Å². The lowest BCUT2D eigenvalue weighted by Gasteiger charge is -2.19. The van der Waals surface area contributed by atoms with E-state index in [-0.39, 0.29) is 7.43 Å². The second-order valence-corrected chi connectivity index (χ2v) is 4.26. The number of hydrogen-bond donors (Lipinski definition) is 0. The van der Waals surface area contributed by atoms with Crippen molar-refractivity contribution >= 4 is 8.80 Å². The fourth-order valence-electron chi connectivity index (χ4n) is 0.500.